The Balaban J connectivity index is 1.65. The van der Waals surface area contributed by atoms with Crippen LogP contribution in [0.2, 0.25) is 0 Å². The summed E-state index contributed by atoms with van der Waals surface area (Å²) in [5.41, 5.74) is 2.75. The average molecular weight is 404 g/mol. The quantitative estimate of drug-likeness (QED) is 0.707. The zero-order chi connectivity index (χ0) is 20.4. The van der Waals surface area contributed by atoms with E-state index in [4.69, 9.17) is 0 Å². The topological polar surface area (TPSA) is 81.4 Å². The van der Waals surface area contributed by atoms with Gasteiger partial charge in [0.1, 0.15) is 6.04 Å². The number of hydrogen-bond acceptors (Lipinski definition) is 4. The highest BCUT2D eigenvalue weighted by atomic mass is 32.2. The molecule has 0 spiro atoms. The molecule has 146 valence electrons. The molecule has 1 N–H and O–H groups in total. The van der Waals surface area contributed by atoms with E-state index in [1.165, 1.54) is 0 Å². The van der Waals surface area contributed by atoms with Crippen LogP contribution in [-0.2, 0) is 10.0 Å². The first-order chi connectivity index (χ1) is 14.1. The van der Waals surface area contributed by atoms with E-state index in [-0.39, 0.29) is 17.4 Å². The summed E-state index contributed by atoms with van der Waals surface area (Å²) < 4.78 is 27.6. The fraction of sp³-hybridized carbons (Fsp3) is 0.174. The van der Waals surface area contributed by atoms with Crippen LogP contribution in [0.15, 0.2) is 89.8 Å². The van der Waals surface area contributed by atoms with E-state index in [1.54, 1.807) is 24.3 Å². The van der Waals surface area contributed by atoms with Crippen LogP contribution in [0.1, 0.15) is 11.5 Å². The van der Waals surface area contributed by atoms with Crippen molar-refractivity contribution in [2.45, 2.75) is 22.9 Å². The monoisotopic (exact) mass is 404 g/mol. The molecule has 0 aliphatic carbocycles. The summed E-state index contributed by atoms with van der Waals surface area (Å²) in [6, 6.07) is 26.2. The van der Waals surface area contributed by atoms with E-state index < -0.39 is 22.1 Å². The molecule has 4 rings (SSSR count). The van der Waals surface area contributed by atoms with Gasteiger partial charge in [0.05, 0.1) is 23.6 Å². The minimum absolute atomic E-state index is 0.113. The van der Waals surface area contributed by atoms with Gasteiger partial charge >= 0.3 is 0 Å². The Morgan fingerprint density at radius 3 is 1.97 bits per heavy atom. The van der Waals surface area contributed by atoms with Crippen molar-refractivity contribution in [1.82, 2.24) is 4.31 Å². The van der Waals surface area contributed by atoms with Gasteiger partial charge in [-0.3, -0.25) is 0 Å². The van der Waals surface area contributed by atoms with Crippen LogP contribution >= 0.6 is 0 Å². The summed E-state index contributed by atoms with van der Waals surface area (Å²) in [6.45, 7) is -0.348. The molecule has 5 nitrogen and oxygen atoms in total. The van der Waals surface area contributed by atoms with Crippen molar-refractivity contribution in [3.63, 3.8) is 0 Å². The van der Waals surface area contributed by atoms with Crippen molar-refractivity contribution >= 4 is 10.0 Å². The molecule has 0 radical (unpaired) electrons. The van der Waals surface area contributed by atoms with Crippen LogP contribution in [-0.4, -0.2) is 36.5 Å². The lowest BCUT2D eigenvalue weighted by atomic mass is 9.78. The Morgan fingerprint density at radius 1 is 0.862 bits per heavy atom. The van der Waals surface area contributed by atoms with Gasteiger partial charge in [0.25, 0.3) is 0 Å². The molecule has 1 aliphatic heterocycles. The second-order valence-electron chi connectivity index (χ2n) is 6.99. The molecule has 6 heteroatoms. The predicted octanol–water partition coefficient (Wildman–Crippen LogP) is 3.39. The first kappa shape index (κ1) is 19.3. The SMILES string of the molecule is N#C[C@@H]1[C@@H](c2ccccc2)[C@H](CO)N1S(=O)(=O)c1ccc(-c2ccccc2)cc1. The van der Waals surface area contributed by atoms with Gasteiger partial charge in [0, 0.05) is 5.92 Å². The predicted molar refractivity (Wildman–Crippen MR) is 110 cm³/mol. The van der Waals surface area contributed by atoms with Crippen molar-refractivity contribution < 1.29 is 13.5 Å². The minimum Gasteiger partial charge on any atom is -0.395 e. The highest BCUT2D eigenvalue weighted by molar-refractivity contribution is 7.89. The van der Waals surface area contributed by atoms with Crippen LogP contribution in [0.3, 0.4) is 0 Å². The van der Waals surface area contributed by atoms with Crippen molar-refractivity contribution in [1.29, 1.82) is 5.26 Å². The van der Waals surface area contributed by atoms with Crippen molar-refractivity contribution in [3.05, 3.63) is 90.5 Å². The van der Waals surface area contributed by atoms with Gasteiger partial charge in [-0.15, -0.1) is 0 Å². The van der Waals surface area contributed by atoms with E-state index in [2.05, 4.69) is 6.07 Å². The molecule has 0 amide bonds. The van der Waals surface area contributed by atoms with Gasteiger partial charge in [0.2, 0.25) is 10.0 Å². The van der Waals surface area contributed by atoms with E-state index in [0.717, 1.165) is 21.0 Å². The molecule has 1 fully saturated rings. The second-order valence-corrected chi connectivity index (χ2v) is 8.83. The highest BCUT2D eigenvalue weighted by Gasteiger charge is 2.55. The molecule has 29 heavy (non-hydrogen) atoms. The van der Waals surface area contributed by atoms with Crippen LogP contribution in [0.4, 0.5) is 0 Å². The number of nitrogens with zero attached hydrogens (tertiary/aromatic N) is 2. The maximum absolute atomic E-state index is 13.2. The highest BCUT2D eigenvalue weighted by Crippen LogP contribution is 2.43. The second kappa shape index (κ2) is 7.80. The lowest BCUT2D eigenvalue weighted by Crippen LogP contribution is -2.64. The Kier molecular flexibility index (Phi) is 5.20. The number of aliphatic hydroxyl groups excluding tert-OH is 1. The average Bonchev–Trinajstić information content (AvgIpc) is 2.75. The first-order valence-electron chi connectivity index (χ1n) is 9.32. The zero-order valence-corrected chi connectivity index (χ0v) is 16.4. The molecule has 0 bridgehead atoms. The third kappa shape index (κ3) is 3.34. The summed E-state index contributed by atoms with van der Waals surface area (Å²) in [5.74, 6) is -0.357. The molecule has 0 unspecified atom stereocenters. The summed E-state index contributed by atoms with van der Waals surface area (Å²) in [7, 11) is -3.91. The Hall–Kier alpha value is -2.98. The minimum atomic E-state index is -3.91. The number of nitriles is 1. The molecule has 1 heterocycles. The van der Waals surface area contributed by atoms with Gasteiger partial charge in [-0.25, -0.2) is 8.42 Å². The Bertz CT molecular complexity index is 1120. The number of hydrogen-bond donors (Lipinski definition) is 1. The number of rotatable bonds is 5. The number of sulfonamides is 1. The molecule has 0 saturated carbocycles. The van der Waals surface area contributed by atoms with Gasteiger partial charge in [-0.1, -0.05) is 72.8 Å². The lowest BCUT2D eigenvalue weighted by Gasteiger charge is -2.50. The fourth-order valence-corrected chi connectivity index (χ4v) is 5.70. The third-order valence-corrected chi connectivity index (χ3v) is 7.32. The summed E-state index contributed by atoms with van der Waals surface area (Å²) in [6.07, 6.45) is 0. The Morgan fingerprint density at radius 2 is 1.41 bits per heavy atom. The van der Waals surface area contributed by atoms with Gasteiger partial charge < -0.3 is 5.11 Å². The molecular formula is C23H20N2O3S. The smallest absolute Gasteiger partial charge is 0.244 e. The van der Waals surface area contributed by atoms with Crippen molar-refractivity contribution in [2.24, 2.45) is 0 Å². The molecule has 1 saturated heterocycles. The largest absolute Gasteiger partial charge is 0.395 e. The van der Waals surface area contributed by atoms with Crippen molar-refractivity contribution in [2.75, 3.05) is 6.61 Å². The van der Waals surface area contributed by atoms with Crippen LogP contribution in [0, 0.1) is 11.3 Å². The number of benzene rings is 3. The van der Waals surface area contributed by atoms with E-state index in [0.29, 0.717) is 0 Å². The zero-order valence-electron chi connectivity index (χ0n) is 15.6. The van der Waals surface area contributed by atoms with Crippen LogP contribution in [0.5, 0.6) is 0 Å². The van der Waals surface area contributed by atoms with E-state index >= 15 is 0 Å². The maximum atomic E-state index is 13.2. The van der Waals surface area contributed by atoms with Gasteiger partial charge in [0.15, 0.2) is 0 Å². The summed E-state index contributed by atoms with van der Waals surface area (Å²) in [5, 5.41) is 19.6. The standard InChI is InChI=1S/C23H20N2O3S/c24-15-21-23(19-9-5-2-6-10-19)22(16-26)25(21)29(27,28)20-13-11-18(12-14-20)17-7-3-1-4-8-17/h1-14,21-23,26H,16H2/t21-,22+,23-/m1/s1. The molecule has 3 aromatic carbocycles. The number of aliphatic hydroxyl groups is 1. The molecule has 1 aliphatic rings. The summed E-state index contributed by atoms with van der Waals surface area (Å²) in [4.78, 5) is 0.113. The van der Waals surface area contributed by atoms with Crippen LogP contribution in [0.25, 0.3) is 11.1 Å². The molecule has 0 aromatic heterocycles. The van der Waals surface area contributed by atoms with E-state index in [1.807, 2.05) is 60.7 Å². The maximum Gasteiger partial charge on any atom is 0.244 e. The first-order valence-corrected chi connectivity index (χ1v) is 10.8. The third-order valence-electron chi connectivity index (χ3n) is 5.40. The molecule has 3 aromatic rings. The Labute approximate surface area is 170 Å². The normalized spacial score (nSPS) is 21.9. The molecular weight excluding hydrogens is 384 g/mol. The van der Waals surface area contributed by atoms with Crippen molar-refractivity contribution in [3.8, 4) is 17.2 Å². The van der Waals surface area contributed by atoms with Gasteiger partial charge in [-0.05, 0) is 28.8 Å². The summed E-state index contributed by atoms with van der Waals surface area (Å²) >= 11 is 0. The lowest BCUT2D eigenvalue weighted by molar-refractivity contribution is 0.0557. The van der Waals surface area contributed by atoms with E-state index in [9.17, 15) is 18.8 Å². The van der Waals surface area contributed by atoms with Crippen LogP contribution < -0.4 is 0 Å². The fourth-order valence-electron chi connectivity index (χ4n) is 3.94. The van der Waals surface area contributed by atoms with Gasteiger partial charge in [-0.2, -0.15) is 9.57 Å². The molecule has 3 atom stereocenters.